The van der Waals surface area contributed by atoms with E-state index in [9.17, 15) is 8.42 Å². The van der Waals surface area contributed by atoms with Gasteiger partial charge in [0.15, 0.2) is 21.3 Å². The highest BCUT2D eigenvalue weighted by Gasteiger charge is 2.14. The van der Waals surface area contributed by atoms with Crippen LogP contribution in [0.2, 0.25) is 0 Å². The molecule has 1 N–H and O–H groups in total. The van der Waals surface area contributed by atoms with Crippen LogP contribution in [0.5, 0.6) is 11.5 Å². The average Bonchev–Trinajstić information content (AvgIpc) is 2.40. The molecule has 0 aliphatic carbocycles. The molecule has 0 saturated carbocycles. The van der Waals surface area contributed by atoms with Gasteiger partial charge in [-0.15, -0.1) is 0 Å². The van der Waals surface area contributed by atoms with Gasteiger partial charge in [0.1, 0.15) is 6.61 Å². The van der Waals surface area contributed by atoms with E-state index in [4.69, 9.17) is 9.47 Å². The molecule has 120 valence electrons. The lowest BCUT2D eigenvalue weighted by atomic mass is 10.2. The minimum absolute atomic E-state index is 0.00863. The Morgan fingerprint density at radius 3 is 2.57 bits per heavy atom. The van der Waals surface area contributed by atoms with Crippen molar-refractivity contribution in [3.05, 3.63) is 22.2 Å². The van der Waals surface area contributed by atoms with Crippen molar-refractivity contribution in [2.24, 2.45) is 0 Å². The number of methoxy groups -OCH3 is 1. The van der Waals surface area contributed by atoms with E-state index in [0.29, 0.717) is 24.5 Å². The number of hydrogen-bond donors (Lipinski definition) is 1. The first-order valence-corrected chi connectivity index (χ1v) is 9.39. The first-order valence-electron chi connectivity index (χ1n) is 6.77. The van der Waals surface area contributed by atoms with Gasteiger partial charge in [0, 0.05) is 6.54 Å². The second kappa shape index (κ2) is 8.60. The third kappa shape index (κ3) is 5.84. The van der Waals surface area contributed by atoms with E-state index in [0.717, 1.165) is 10.0 Å². The second-order valence-electron chi connectivity index (χ2n) is 4.64. The van der Waals surface area contributed by atoms with Crippen molar-refractivity contribution >= 4 is 25.8 Å². The van der Waals surface area contributed by atoms with Gasteiger partial charge in [-0.05, 0) is 47.1 Å². The molecule has 0 fully saturated rings. The molecule has 0 aliphatic rings. The quantitative estimate of drug-likeness (QED) is 0.713. The molecule has 1 aromatic carbocycles. The van der Waals surface area contributed by atoms with E-state index in [1.165, 1.54) is 0 Å². The molecule has 21 heavy (non-hydrogen) atoms. The molecule has 0 heterocycles. The summed E-state index contributed by atoms with van der Waals surface area (Å²) >= 11 is 3.44. The van der Waals surface area contributed by atoms with Gasteiger partial charge in [-0.25, -0.2) is 8.42 Å². The minimum Gasteiger partial charge on any atom is -0.493 e. The zero-order valence-corrected chi connectivity index (χ0v) is 15.0. The van der Waals surface area contributed by atoms with Gasteiger partial charge in [0.2, 0.25) is 0 Å². The maximum absolute atomic E-state index is 11.7. The average molecular weight is 380 g/mol. The lowest BCUT2D eigenvalue weighted by Crippen LogP contribution is -2.17. The molecule has 0 bridgehead atoms. The summed E-state index contributed by atoms with van der Waals surface area (Å²) in [5, 5.41) is 3.06. The molecule has 1 rings (SSSR count). The van der Waals surface area contributed by atoms with Crippen LogP contribution in [-0.4, -0.2) is 40.7 Å². The third-order valence-electron chi connectivity index (χ3n) is 2.83. The highest BCUT2D eigenvalue weighted by Crippen LogP contribution is 2.36. The standard InChI is InChI=1S/C14H22BrNO4S/c1-4-6-21(17,18)7-5-20-14-12(15)8-11(10-16-2)9-13(14)19-3/h8-9,16H,4-7,10H2,1-3H3. The molecule has 1 aromatic rings. The molecule has 5 nitrogen and oxygen atoms in total. The largest absolute Gasteiger partial charge is 0.493 e. The van der Waals surface area contributed by atoms with Crippen molar-refractivity contribution in [3.8, 4) is 11.5 Å². The van der Waals surface area contributed by atoms with E-state index in [-0.39, 0.29) is 18.1 Å². The topological polar surface area (TPSA) is 64.6 Å². The molecule has 0 aromatic heterocycles. The molecule has 0 atom stereocenters. The number of ether oxygens (including phenoxy) is 2. The van der Waals surface area contributed by atoms with Crippen LogP contribution in [0.4, 0.5) is 0 Å². The van der Waals surface area contributed by atoms with Crippen LogP contribution >= 0.6 is 15.9 Å². The SMILES string of the molecule is CCCS(=O)(=O)CCOc1c(Br)cc(CNC)cc1OC. The van der Waals surface area contributed by atoms with Crippen molar-refractivity contribution in [2.45, 2.75) is 19.9 Å². The lowest BCUT2D eigenvalue weighted by molar-refractivity contribution is 0.309. The first-order chi connectivity index (χ1) is 9.93. The summed E-state index contributed by atoms with van der Waals surface area (Å²) in [6.07, 6.45) is 0.619. The van der Waals surface area contributed by atoms with Crippen LogP contribution in [0.15, 0.2) is 16.6 Å². The predicted molar refractivity (Wildman–Crippen MR) is 87.9 cm³/mol. The Morgan fingerprint density at radius 1 is 1.29 bits per heavy atom. The van der Waals surface area contributed by atoms with Crippen LogP contribution in [-0.2, 0) is 16.4 Å². The van der Waals surface area contributed by atoms with E-state index in [2.05, 4.69) is 21.2 Å². The smallest absolute Gasteiger partial charge is 0.175 e. The Balaban J connectivity index is 2.79. The van der Waals surface area contributed by atoms with Crippen molar-refractivity contribution in [1.82, 2.24) is 5.32 Å². The van der Waals surface area contributed by atoms with Crippen molar-refractivity contribution < 1.29 is 17.9 Å². The maximum atomic E-state index is 11.7. The van der Waals surface area contributed by atoms with Crippen LogP contribution < -0.4 is 14.8 Å². The Kier molecular flexibility index (Phi) is 7.48. The summed E-state index contributed by atoms with van der Waals surface area (Å²) in [7, 11) is 0.383. The van der Waals surface area contributed by atoms with E-state index in [1.807, 2.05) is 26.1 Å². The van der Waals surface area contributed by atoms with Crippen LogP contribution in [0.1, 0.15) is 18.9 Å². The lowest BCUT2D eigenvalue weighted by Gasteiger charge is -2.14. The van der Waals surface area contributed by atoms with Gasteiger partial charge in [-0.3, -0.25) is 0 Å². The summed E-state index contributed by atoms with van der Waals surface area (Å²) in [4.78, 5) is 0. The zero-order chi connectivity index (χ0) is 15.9. The van der Waals surface area contributed by atoms with Gasteiger partial charge >= 0.3 is 0 Å². The fourth-order valence-corrected chi connectivity index (χ4v) is 3.67. The first kappa shape index (κ1) is 18.3. The van der Waals surface area contributed by atoms with E-state index >= 15 is 0 Å². The Hall–Kier alpha value is -0.790. The van der Waals surface area contributed by atoms with Crippen molar-refractivity contribution in [2.75, 3.05) is 32.3 Å². The molecule has 0 radical (unpaired) electrons. The molecular weight excluding hydrogens is 358 g/mol. The molecule has 0 amide bonds. The van der Waals surface area contributed by atoms with E-state index < -0.39 is 9.84 Å². The van der Waals surface area contributed by atoms with Gasteiger partial charge in [-0.1, -0.05) is 6.92 Å². The molecule has 0 aliphatic heterocycles. The fraction of sp³-hybridized carbons (Fsp3) is 0.571. The summed E-state index contributed by atoms with van der Waals surface area (Å²) < 4.78 is 35.0. The summed E-state index contributed by atoms with van der Waals surface area (Å²) in [5.74, 6) is 1.32. The third-order valence-corrected chi connectivity index (χ3v) is 5.23. The van der Waals surface area contributed by atoms with Crippen molar-refractivity contribution in [1.29, 1.82) is 0 Å². The normalized spacial score (nSPS) is 11.4. The molecular formula is C14H22BrNO4S. The second-order valence-corrected chi connectivity index (χ2v) is 7.80. The van der Waals surface area contributed by atoms with Gasteiger partial charge in [0.05, 0.1) is 23.1 Å². The van der Waals surface area contributed by atoms with Gasteiger partial charge < -0.3 is 14.8 Å². The van der Waals surface area contributed by atoms with Crippen LogP contribution in [0.25, 0.3) is 0 Å². The monoisotopic (exact) mass is 379 g/mol. The highest BCUT2D eigenvalue weighted by atomic mass is 79.9. The summed E-state index contributed by atoms with van der Waals surface area (Å²) in [6, 6.07) is 3.80. The molecule has 0 spiro atoms. The highest BCUT2D eigenvalue weighted by molar-refractivity contribution is 9.10. The van der Waals surface area contributed by atoms with Gasteiger partial charge in [0.25, 0.3) is 0 Å². The number of halogens is 1. The Morgan fingerprint density at radius 2 is 2.00 bits per heavy atom. The number of hydrogen-bond acceptors (Lipinski definition) is 5. The van der Waals surface area contributed by atoms with Crippen molar-refractivity contribution in [3.63, 3.8) is 0 Å². The Bertz CT molecular complexity index is 560. The molecule has 0 saturated heterocycles. The fourth-order valence-electron chi connectivity index (χ4n) is 1.90. The number of rotatable bonds is 9. The summed E-state index contributed by atoms with van der Waals surface area (Å²) in [6.45, 7) is 2.67. The number of nitrogens with one attached hydrogen (secondary N) is 1. The van der Waals surface area contributed by atoms with Crippen LogP contribution in [0.3, 0.4) is 0 Å². The molecule has 7 heteroatoms. The van der Waals surface area contributed by atoms with Gasteiger partial charge in [-0.2, -0.15) is 0 Å². The number of benzene rings is 1. The summed E-state index contributed by atoms with van der Waals surface area (Å²) in [5.41, 5.74) is 1.05. The zero-order valence-electron chi connectivity index (χ0n) is 12.6. The maximum Gasteiger partial charge on any atom is 0.175 e. The minimum atomic E-state index is -3.04. The Labute approximate surface area is 135 Å². The van der Waals surface area contributed by atoms with E-state index in [1.54, 1.807) is 7.11 Å². The number of sulfone groups is 1. The predicted octanol–water partition coefficient (Wildman–Crippen LogP) is 2.38. The molecule has 0 unspecified atom stereocenters. The van der Waals surface area contributed by atoms with Crippen LogP contribution in [0, 0.1) is 0 Å².